The van der Waals surface area contributed by atoms with E-state index in [2.05, 4.69) is 50.2 Å². The smallest absolute Gasteiger partial charge is 0.0397 e. The highest BCUT2D eigenvalue weighted by atomic mass is 14.6. The maximum Gasteiger partial charge on any atom is 0.0397 e. The lowest BCUT2D eigenvalue weighted by Gasteiger charge is -2.22. The van der Waals surface area contributed by atoms with Gasteiger partial charge in [0.25, 0.3) is 0 Å². The van der Waals surface area contributed by atoms with E-state index in [0.717, 1.165) is 16.8 Å². The van der Waals surface area contributed by atoms with Gasteiger partial charge in [-0.2, -0.15) is 0 Å². The molecule has 0 saturated carbocycles. The van der Waals surface area contributed by atoms with Gasteiger partial charge in [-0.05, 0) is 45.8 Å². The molecule has 0 saturated heterocycles. The van der Waals surface area contributed by atoms with E-state index in [1.807, 2.05) is 12.1 Å². The second-order valence-electron chi connectivity index (χ2n) is 6.36. The Kier molecular flexibility index (Phi) is 2.22. The minimum absolute atomic E-state index is 0.0712. The molecule has 2 nitrogen and oxygen atoms in total. The van der Waals surface area contributed by atoms with Crippen LogP contribution in [0.1, 0.15) is 25.0 Å². The van der Waals surface area contributed by atoms with Crippen molar-refractivity contribution in [2.24, 2.45) is 0 Å². The number of rotatable bonds is 0. The Labute approximate surface area is 124 Å². The predicted molar refractivity (Wildman–Crippen MR) is 90.3 cm³/mol. The van der Waals surface area contributed by atoms with E-state index in [1.165, 1.54) is 27.6 Å². The highest BCUT2D eigenvalue weighted by Crippen LogP contribution is 2.52. The van der Waals surface area contributed by atoms with Crippen LogP contribution in [-0.4, -0.2) is 0 Å². The zero-order valence-corrected chi connectivity index (χ0v) is 12.3. The van der Waals surface area contributed by atoms with Gasteiger partial charge >= 0.3 is 0 Å². The van der Waals surface area contributed by atoms with Crippen molar-refractivity contribution in [2.45, 2.75) is 19.3 Å². The van der Waals surface area contributed by atoms with Crippen molar-refractivity contribution in [1.29, 1.82) is 0 Å². The second-order valence-corrected chi connectivity index (χ2v) is 6.36. The number of hydrogen-bond donors (Lipinski definition) is 2. The molecular formula is C19H18N2. The first-order valence-corrected chi connectivity index (χ1v) is 7.22. The third-order valence-electron chi connectivity index (χ3n) is 4.74. The monoisotopic (exact) mass is 274 g/mol. The van der Waals surface area contributed by atoms with Crippen LogP contribution in [0.15, 0.2) is 48.5 Å². The Morgan fingerprint density at radius 1 is 0.810 bits per heavy atom. The summed E-state index contributed by atoms with van der Waals surface area (Å²) in [6.07, 6.45) is 0. The average Bonchev–Trinajstić information content (AvgIpc) is 2.68. The Bertz CT molecular complexity index is 891. The molecule has 4 rings (SSSR count). The Hall–Kier alpha value is -2.48. The lowest BCUT2D eigenvalue weighted by atomic mass is 9.81. The van der Waals surface area contributed by atoms with Gasteiger partial charge in [0, 0.05) is 22.2 Å². The molecule has 0 fully saturated rings. The Morgan fingerprint density at radius 3 is 2.29 bits per heavy atom. The van der Waals surface area contributed by atoms with E-state index in [9.17, 15) is 0 Å². The Balaban J connectivity index is 2.22. The summed E-state index contributed by atoms with van der Waals surface area (Å²) in [4.78, 5) is 0. The van der Waals surface area contributed by atoms with E-state index < -0.39 is 0 Å². The van der Waals surface area contributed by atoms with Crippen molar-refractivity contribution in [3.05, 3.63) is 59.7 Å². The van der Waals surface area contributed by atoms with Crippen molar-refractivity contribution in [3.63, 3.8) is 0 Å². The van der Waals surface area contributed by atoms with Gasteiger partial charge in [0.05, 0.1) is 0 Å². The van der Waals surface area contributed by atoms with Crippen LogP contribution in [0.25, 0.3) is 21.9 Å². The molecule has 0 aromatic heterocycles. The molecule has 0 atom stereocenters. The number of benzene rings is 3. The van der Waals surface area contributed by atoms with E-state index in [4.69, 9.17) is 11.5 Å². The molecule has 3 aromatic carbocycles. The largest absolute Gasteiger partial charge is 0.399 e. The van der Waals surface area contributed by atoms with E-state index >= 15 is 0 Å². The second kappa shape index (κ2) is 3.79. The molecule has 0 spiro atoms. The molecule has 1 aliphatic rings. The first-order valence-electron chi connectivity index (χ1n) is 7.22. The molecule has 0 amide bonds. The number of nitrogens with two attached hydrogens (primary N) is 2. The summed E-state index contributed by atoms with van der Waals surface area (Å²) >= 11 is 0. The molecule has 21 heavy (non-hydrogen) atoms. The van der Waals surface area contributed by atoms with Gasteiger partial charge in [-0.1, -0.05) is 44.2 Å². The van der Waals surface area contributed by atoms with Crippen LogP contribution in [-0.2, 0) is 5.41 Å². The molecule has 4 N–H and O–H groups in total. The van der Waals surface area contributed by atoms with E-state index in [0.29, 0.717) is 0 Å². The maximum atomic E-state index is 6.29. The molecular weight excluding hydrogens is 256 g/mol. The van der Waals surface area contributed by atoms with Crippen LogP contribution in [0.3, 0.4) is 0 Å². The fourth-order valence-corrected chi connectivity index (χ4v) is 3.63. The maximum absolute atomic E-state index is 6.29. The summed E-state index contributed by atoms with van der Waals surface area (Å²) in [7, 11) is 0. The number of hydrogen-bond acceptors (Lipinski definition) is 2. The fraction of sp³-hybridized carbons (Fsp3) is 0.158. The number of nitrogen functional groups attached to an aromatic ring is 2. The quantitative estimate of drug-likeness (QED) is 0.600. The first-order chi connectivity index (χ1) is 10.00. The topological polar surface area (TPSA) is 52.0 Å². The zero-order valence-electron chi connectivity index (χ0n) is 12.3. The summed E-state index contributed by atoms with van der Waals surface area (Å²) in [6, 6.07) is 16.7. The standard InChI is InChI=1S/C19H18N2/c1-19(2)15-9-11(20)7-8-14(15)18-13-6-4-3-5-12(13)17(21)10-16(18)19/h3-10H,20-21H2,1-2H3. The summed E-state index contributed by atoms with van der Waals surface area (Å²) in [5.41, 5.74) is 19.0. The highest BCUT2D eigenvalue weighted by molar-refractivity contribution is 6.07. The average molecular weight is 274 g/mol. The lowest BCUT2D eigenvalue weighted by Crippen LogP contribution is -2.15. The molecule has 0 aliphatic heterocycles. The normalized spacial score (nSPS) is 15.0. The van der Waals surface area contributed by atoms with Gasteiger partial charge in [0.2, 0.25) is 0 Å². The molecule has 0 radical (unpaired) electrons. The minimum Gasteiger partial charge on any atom is -0.399 e. The van der Waals surface area contributed by atoms with Gasteiger partial charge < -0.3 is 11.5 Å². The predicted octanol–water partition coefficient (Wildman–Crippen LogP) is 4.31. The van der Waals surface area contributed by atoms with Gasteiger partial charge in [0.1, 0.15) is 0 Å². The molecule has 104 valence electrons. The minimum atomic E-state index is -0.0712. The molecule has 1 aliphatic carbocycles. The third kappa shape index (κ3) is 1.47. The molecule has 0 unspecified atom stereocenters. The summed E-state index contributed by atoms with van der Waals surface area (Å²) in [5, 5.41) is 2.35. The van der Waals surface area contributed by atoms with Crippen molar-refractivity contribution in [3.8, 4) is 11.1 Å². The summed E-state index contributed by atoms with van der Waals surface area (Å²) in [6.45, 7) is 4.48. The fourth-order valence-electron chi connectivity index (χ4n) is 3.63. The first kappa shape index (κ1) is 12.3. The van der Waals surface area contributed by atoms with Gasteiger partial charge in [-0.15, -0.1) is 0 Å². The van der Waals surface area contributed by atoms with Crippen molar-refractivity contribution >= 4 is 22.1 Å². The van der Waals surface area contributed by atoms with E-state index in [-0.39, 0.29) is 5.41 Å². The van der Waals surface area contributed by atoms with Gasteiger partial charge in [0.15, 0.2) is 0 Å². The van der Waals surface area contributed by atoms with Crippen LogP contribution in [0.2, 0.25) is 0 Å². The molecule has 0 heterocycles. The number of anilines is 2. The van der Waals surface area contributed by atoms with Crippen LogP contribution in [0.5, 0.6) is 0 Å². The highest BCUT2D eigenvalue weighted by Gasteiger charge is 2.36. The van der Waals surface area contributed by atoms with Crippen molar-refractivity contribution in [1.82, 2.24) is 0 Å². The van der Waals surface area contributed by atoms with Crippen LogP contribution in [0, 0.1) is 0 Å². The van der Waals surface area contributed by atoms with Gasteiger partial charge in [-0.3, -0.25) is 0 Å². The van der Waals surface area contributed by atoms with Crippen LogP contribution >= 0.6 is 0 Å². The van der Waals surface area contributed by atoms with E-state index in [1.54, 1.807) is 0 Å². The van der Waals surface area contributed by atoms with Crippen LogP contribution < -0.4 is 11.5 Å². The summed E-state index contributed by atoms with van der Waals surface area (Å²) in [5.74, 6) is 0. The molecule has 0 bridgehead atoms. The Morgan fingerprint density at radius 2 is 1.52 bits per heavy atom. The molecule has 2 heteroatoms. The SMILES string of the molecule is CC1(C)c2cc(N)ccc2-c2c1cc(N)c1ccccc21. The number of fused-ring (bicyclic) bond motifs is 5. The molecule has 3 aromatic rings. The lowest BCUT2D eigenvalue weighted by molar-refractivity contribution is 0.661. The third-order valence-corrected chi connectivity index (χ3v) is 4.74. The van der Waals surface area contributed by atoms with Crippen molar-refractivity contribution in [2.75, 3.05) is 11.5 Å². The van der Waals surface area contributed by atoms with Gasteiger partial charge in [-0.25, -0.2) is 0 Å². The van der Waals surface area contributed by atoms with Crippen molar-refractivity contribution < 1.29 is 0 Å². The zero-order chi connectivity index (χ0) is 14.8. The summed E-state index contributed by atoms with van der Waals surface area (Å²) < 4.78 is 0. The van der Waals surface area contributed by atoms with Crippen LogP contribution in [0.4, 0.5) is 11.4 Å².